The third-order valence-electron chi connectivity index (χ3n) is 14.0. The predicted octanol–water partition coefficient (Wildman–Crippen LogP) is 15.2. The number of ketones is 1. The molecule has 0 radical (unpaired) electrons. The van der Waals surface area contributed by atoms with E-state index in [-0.39, 0.29) is 82.9 Å². The number of thiocarbonyl (C=S) groups is 2. The first-order valence-corrected chi connectivity index (χ1v) is 38.7. The van der Waals surface area contributed by atoms with Gasteiger partial charge in [0.2, 0.25) is 10.7 Å². The first-order valence-electron chi connectivity index (χ1n) is 33.4. The van der Waals surface area contributed by atoms with Crippen molar-refractivity contribution in [3.63, 3.8) is 0 Å². The number of rotatable bonds is 19. The Hall–Kier alpha value is -8.62. The molecule has 3 amide bonds. The molecule has 8 aromatic rings. The van der Waals surface area contributed by atoms with Crippen LogP contribution in [0.2, 0.25) is 15.1 Å². The molecule has 0 spiro atoms. The number of fused-ring (bicyclic) bond motifs is 1. The Morgan fingerprint density at radius 1 is 0.679 bits per heavy atom. The highest BCUT2D eigenvalue weighted by Crippen LogP contribution is 2.27. The second-order valence-corrected chi connectivity index (χ2v) is 30.9. The zero-order chi connectivity index (χ0) is 82.7. The molecule has 10 N–H and O–H groups in total. The predicted molar refractivity (Wildman–Crippen MR) is 444 cm³/mol. The van der Waals surface area contributed by atoms with E-state index in [4.69, 9.17) is 94.6 Å². The zero-order valence-corrected chi connectivity index (χ0v) is 70.2. The van der Waals surface area contributed by atoms with E-state index in [1.807, 2.05) is 81.4 Å². The summed E-state index contributed by atoms with van der Waals surface area (Å²) in [7, 11) is -3.35. The van der Waals surface area contributed by atoms with Gasteiger partial charge in [-0.3, -0.25) is 44.0 Å². The molecule has 0 saturated heterocycles. The summed E-state index contributed by atoms with van der Waals surface area (Å²) in [6.07, 6.45) is 2.70. The monoisotopic (exact) mass is 1690 g/mol. The Labute approximate surface area is 677 Å². The Bertz CT molecular complexity index is 4600. The molecule has 2 heterocycles. The smallest absolute Gasteiger partial charge is 0.285 e. The molecule has 0 atom stereocenters. The number of aliphatic hydroxyl groups is 2. The first kappa shape index (κ1) is 98.4. The van der Waals surface area contributed by atoms with Crippen molar-refractivity contribution >= 4 is 137 Å². The van der Waals surface area contributed by atoms with Crippen LogP contribution >= 0.6 is 87.4 Å². The molecule has 0 aliphatic carbocycles. The number of phenols is 1. The largest absolute Gasteiger partial charge is 0.508 e. The van der Waals surface area contributed by atoms with Crippen LogP contribution in [0, 0.1) is 48.2 Å². The molecular formula is C77H95BrCl3N11O13S4. The molecule has 0 saturated carbocycles. The number of aryl methyl sites for hydroxylation is 3. The Balaban J connectivity index is 0.000000644. The van der Waals surface area contributed by atoms with Crippen LogP contribution in [0.15, 0.2) is 143 Å². The summed E-state index contributed by atoms with van der Waals surface area (Å²) in [6, 6.07) is 43.5. The summed E-state index contributed by atoms with van der Waals surface area (Å²) >= 11 is 35.1. The van der Waals surface area contributed by atoms with Gasteiger partial charge in [-0.1, -0.05) is 162 Å². The lowest BCUT2D eigenvalue weighted by Crippen LogP contribution is -2.41. The van der Waals surface area contributed by atoms with Crippen LogP contribution in [-0.2, 0) is 40.1 Å². The third kappa shape index (κ3) is 41.7. The van der Waals surface area contributed by atoms with E-state index < -0.39 is 16.0 Å². The average Bonchev–Trinajstić information content (AvgIpc) is 1.69. The number of H-pyrrole nitrogens is 2. The van der Waals surface area contributed by atoms with Crippen LogP contribution in [0.3, 0.4) is 0 Å². The van der Waals surface area contributed by atoms with Crippen LogP contribution < -0.4 is 36.9 Å². The van der Waals surface area contributed by atoms with Crippen molar-refractivity contribution in [3.8, 4) is 40.8 Å². The van der Waals surface area contributed by atoms with E-state index in [9.17, 15) is 32.4 Å². The van der Waals surface area contributed by atoms with Gasteiger partial charge in [0, 0.05) is 69.2 Å². The van der Waals surface area contributed by atoms with Gasteiger partial charge in [0.25, 0.3) is 27.5 Å². The number of nitrogens with two attached hydrogens (primary N) is 1. The lowest BCUT2D eigenvalue weighted by molar-refractivity contribution is -0.120. The van der Waals surface area contributed by atoms with Crippen molar-refractivity contribution in [2.24, 2.45) is 10.8 Å². The number of aliphatic imine (C=N–C) groups is 1. The number of alkyl halides is 1. The number of nitrogens with one attached hydrogen (secondary N) is 5. The van der Waals surface area contributed by atoms with Gasteiger partial charge in [0.15, 0.2) is 10.9 Å². The van der Waals surface area contributed by atoms with Gasteiger partial charge in [-0.05, 0) is 192 Å². The standard InChI is InChI=1S/C16H19N3O2S.C15H16N4OS.C12H13NOS.C11H15ClO4S.C10H13ClO2.C7H7ClO.C3H7BrO.C3H5N3O/c1-16(2,3)12-6-4-11(5-7-12)14(21)19-15(22)18-10-13(20)8-9-17;1-15(2,3)10-6-4-9(5-7-10)13-16-11-8-12(20)18-19(11)14(21)17-13;1-12(2,3)10-6-4-9(5-7-10)11(14)13-8-15;1-9-8-10(4-5-11(9)12)15-6-3-7-16-17(2,13)14;1-8-7-9(3-4-10(8)11)13-6-2-5-12;1-5-4-6(9)2-3-7(5)8;4-2-1-3-5;4-2-1-3(7)6-5/h4-7H,8,10H2,1-3H3,(H2,18,19,21,22);4-8H,1-3H3,(H,18,20)(H,16,17,21);4-7H,1-3H3;4-5,8H,3,6-7H2,1-2H3;3-4,7,12H,2,5-6H2,1H3;2-4,9H,1H3;5H,1-3H2;1,5H2,(H,6,7). The van der Waals surface area contributed by atoms with Gasteiger partial charge >= 0.3 is 0 Å². The number of phenolic OH excluding ortho intramolecular Hbond substituents is 1. The molecule has 0 aliphatic rings. The quantitative estimate of drug-likeness (QED) is 0.00530. The maximum Gasteiger partial charge on any atom is 0.285 e. The molecule has 8 rings (SSSR count). The number of aromatic nitrogens is 4. The highest BCUT2D eigenvalue weighted by Gasteiger charge is 2.18. The fraction of sp³-hybridized carbons (Fsp3) is 0.364. The second kappa shape index (κ2) is 51.0. The molecule has 588 valence electrons. The molecule has 0 bridgehead atoms. The molecule has 24 nitrogen and oxygen atoms in total. The molecule has 2 aromatic heterocycles. The number of aromatic hydroxyl groups is 1. The molecule has 6 aromatic carbocycles. The number of benzene rings is 6. The van der Waals surface area contributed by atoms with E-state index >= 15 is 0 Å². The summed E-state index contributed by atoms with van der Waals surface area (Å²) in [4.78, 5) is 66.7. The van der Waals surface area contributed by atoms with Crippen LogP contribution in [-0.4, -0.2) is 128 Å². The van der Waals surface area contributed by atoms with E-state index in [0.29, 0.717) is 75.8 Å². The van der Waals surface area contributed by atoms with Crippen molar-refractivity contribution in [2.45, 2.75) is 131 Å². The van der Waals surface area contributed by atoms with E-state index in [2.05, 4.69) is 148 Å². The summed E-state index contributed by atoms with van der Waals surface area (Å²) in [6.45, 7) is 26.3. The van der Waals surface area contributed by atoms with Gasteiger partial charge in [0.1, 0.15) is 35.1 Å². The molecular weight excluding hydrogens is 1600 g/mol. The minimum Gasteiger partial charge on any atom is -0.508 e. The topological polar surface area (TPSA) is 379 Å². The number of carbonyl (C=O) groups is 4. The van der Waals surface area contributed by atoms with Crippen LogP contribution in [0.1, 0.15) is 149 Å². The third-order valence-corrected chi connectivity index (χ3v) is 17.1. The van der Waals surface area contributed by atoms with Crippen molar-refractivity contribution in [1.82, 2.24) is 35.6 Å². The number of Topliss-reactive ketones (excluding diaryl/α,β-unsaturated/α-hetero) is 1. The zero-order valence-electron chi connectivity index (χ0n) is 63.1. The van der Waals surface area contributed by atoms with Gasteiger partial charge in [-0.25, -0.2) is 15.3 Å². The molecule has 32 heteroatoms. The normalized spacial score (nSPS) is 10.5. The van der Waals surface area contributed by atoms with Crippen LogP contribution in [0.4, 0.5) is 0 Å². The lowest BCUT2D eigenvalue weighted by atomic mass is 9.86. The van der Waals surface area contributed by atoms with Gasteiger partial charge in [0.05, 0.1) is 56.3 Å². The highest BCUT2D eigenvalue weighted by molar-refractivity contribution is 9.09. The molecule has 0 aliphatic heterocycles. The maximum absolute atomic E-state index is 12.0. The second-order valence-electron chi connectivity index (χ2n) is 26.3. The van der Waals surface area contributed by atoms with Crippen LogP contribution in [0.5, 0.6) is 17.2 Å². The number of carbonyl (C=O) groups excluding carboxylic acids is 4. The number of aromatic amines is 2. The SMILES string of the molecule is CC(C)(C)c1ccc(-c2nc(=S)n3[nH]c(=O)cc3[nH]2)cc1.CC(C)(C)c1ccc(C(=O)N=C=S)cc1.CC(C)(C)c1ccc(C(=O)NC(=S)NCC(=O)CC#N)cc1.Cc1cc(O)ccc1Cl.Cc1cc(OCCCO)ccc1Cl.Cc1cc(OCCCOS(C)(=O)=O)ccc1Cl.N#CCC(=O)NN.OCCCBr. The Morgan fingerprint density at radius 2 is 1.14 bits per heavy atom. The van der Waals surface area contributed by atoms with E-state index in [0.717, 1.165) is 56.6 Å². The Morgan fingerprint density at radius 3 is 1.53 bits per heavy atom. The van der Waals surface area contributed by atoms with Crippen molar-refractivity contribution in [3.05, 3.63) is 208 Å². The number of hydrogen-bond donors (Lipinski definition) is 9. The van der Waals surface area contributed by atoms with Crippen molar-refractivity contribution in [2.75, 3.05) is 51.2 Å². The van der Waals surface area contributed by atoms with Gasteiger partial charge in [-0.15, -0.1) is 0 Å². The first-order chi connectivity index (χ1) is 51.1. The van der Waals surface area contributed by atoms with Crippen molar-refractivity contribution < 1.29 is 56.6 Å². The van der Waals surface area contributed by atoms with Crippen molar-refractivity contribution in [1.29, 1.82) is 10.5 Å². The minimum absolute atomic E-state index is 0.0208. The summed E-state index contributed by atoms with van der Waals surface area (Å²) < 4.78 is 38.5. The molecule has 0 fully saturated rings. The number of nitrogens with zero attached hydrogens (tertiary/aromatic N) is 5. The number of aliphatic hydroxyl groups excluding tert-OH is 2. The number of halogens is 4. The number of amides is 3. The lowest BCUT2D eigenvalue weighted by Gasteiger charge is -2.19. The number of nitriles is 2. The fourth-order valence-corrected chi connectivity index (χ4v) is 9.53. The van der Waals surface area contributed by atoms with E-state index in [1.165, 1.54) is 21.7 Å². The Kier molecular flexibility index (Phi) is 46.0. The molecule has 0 unspecified atom stereocenters. The van der Waals surface area contributed by atoms with E-state index in [1.54, 1.807) is 72.2 Å². The number of hydrazine groups is 1. The summed E-state index contributed by atoms with van der Waals surface area (Å²) in [5.74, 6) is 5.61. The summed E-state index contributed by atoms with van der Waals surface area (Å²) in [5, 5.41) is 54.5. The number of hydrogen-bond acceptors (Lipinski definition) is 20. The molecule has 109 heavy (non-hydrogen) atoms. The number of isothiocyanates is 1. The number of ether oxygens (including phenoxy) is 2. The summed E-state index contributed by atoms with van der Waals surface area (Å²) in [5.41, 5.74) is 10.8. The fourth-order valence-electron chi connectivity index (χ4n) is 8.02. The highest BCUT2D eigenvalue weighted by atomic mass is 79.9. The van der Waals surface area contributed by atoms with Gasteiger partial charge in [-0.2, -0.15) is 23.9 Å². The maximum atomic E-state index is 12.0. The average molecular weight is 1700 g/mol. The minimum atomic E-state index is -3.35. The van der Waals surface area contributed by atoms with Crippen LogP contribution in [0.25, 0.3) is 17.0 Å². The van der Waals surface area contributed by atoms with Gasteiger partial charge < -0.3 is 35.1 Å².